The number of hydrogen-bond donors (Lipinski definition) is 0. The first-order valence-electron chi connectivity index (χ1n) is 10.3. The maximum absolute atomic E-state index is 10.6. The molecular formula is C24H39ClO. The number of unbranched alkanes of at least 4 members (excludes halogenated alkanes) is 4. The van der Waals surface area contributed by atoms with Crippen molar-refractivity contribution in [3.05, 3.63) is 48.6 Å². The van der Waals surface area contributed by atoms with Crippen molar-refractivity contribution in [3.8, 4) is 0 Å². The molecule has 0 aromatic rings. The van der Waals surface area contributed by atoms with Crippen molar-refractivity contribution in [3.63, 3.8) is 0 Å². The summed E-state index contributed by atoms with van der Waals surface area (Å²) in [5.74, 6) is 0. The van der Waals surface area contributed by atoms with Crippen LogP contribution in [0.3, 0.4) is 0 Å². The van der Waals surface area contributed by atoms with Gasteiger partial charge >= 0.3 is 0 Å². The van der Waals surface area contributed by atoms with Crippen molar-refractivity contribution in [1.82, 2.24) is 0 Å². The average molecular weight is 379 g/mol. The van der Waals surface area contributed by atoms with Gasteiger partial charge in [-0.2, -0.15) is 0 Å². The molecule has 0 aliphatic carbocycles. The minimum atomic E-state index is -0.240. The number of halogens is 1. The lowest BCUT2D eigenvalue weighted by Gasteiger charge is -2.19. The fourth-order valence-corrected chi connectivity index (χ4v) is 2.81. The van der Waals surface area contributed by atoms with Gasteiger partial charge in [-0.25, -0.2) is 0 Å². The Hall–Kier alpha value is -1.08. The van der Waals surface area contributed by atoms with Gasteiger partial charge in [-0.3, -0.25) is 4.79 Å². The highest BCUT2D eigenvalue weighted by Gasteiger charge is 2.12. The van der Waals surface area contributed by atoms with Crippen molar-refractivity contribution in [1.29, 1.82) is 0 Å². The van der Waals surface area contributed by atoms with Crippen LogP contribution in [-0.4, -0.2) is 5.24 Å². The minimum absolute atomic E-state index is 0.240. The van der Waals surface area contributed by atoms with Crippen LogP contribution in [0.25, 0.3) is 0 Å². The monoisotopic (exact) mass is 378 g/mol. The normalized spacial score (nSPS) is 13.1. The molecule has 0 rings (SSSR count). The second-order valence-electron chi connectivity index (χ2n) is 7.57. The maximum atomic E-state index is 10.6. The van der Waals surface area contributed by atoms with Crippen LogP contribution in [0.2, 0.25) is 0 Å². The summed E-state index contributed by atoms with van der Waals surface area (Å²) >= 11 is 5.29. The van der Waals surface area contributed by atoms with E-state index in [2.05, 4.69) is 69.4 Å². The first-order chi connectivity index (χ1) is 12.5. The third-order valence-corrected chi connectivity index (χ3v) is 4.49. The van der Waals surface area contributed by atoms with Gasteiger partial charge in [0, 0.05) is 6.42 Å². The molecule has 0 unspecified atom stereocenters. The molecule has 2 heteroatoms. The lowest BCUT2D eigenvalue weighted by Crippen LogP contribution is -2.06. The average Bonchev–Trinajstić information content (AvgIpc) is 2.58. The predicted octanol–water partition coefficient (Wildman–Crippen LogP) is 8.31. The van der Waals surface area contributed by atoms with Crippen molar-refractivity contribution in [2.45, 2.75) is 91.4 Å². The van der Waals surface area contributed by atoms with E-state index in [9.17, 15) is 4.79 Å². The van der Waals surface area contributed by atoms with E-state index in [1.165, 1.54) is 32.1 Å². The highest BCUT2D eigenvalue weighted by molar-refractivity contribution is 6.63. The van der Waals surface area contributed by atoms with Crippen LogP contribution < -0.4 is 0 Å². The predicted molar refractivity (Wildman–Crippen MR) is 118 cm³/mol. The Bertz CT molecular complexity index is 455. The lowest BCUT2D eigenvalue weighted by molar-refractivity contribution is -0.111. The smallest absolute Gasteiger partial charge is 0.221 e. The molecular weight excluding hydrogens is 340 g/mol. The molecule has 1 nitrogen and oxygen atoms in total. The molecule has 0 N–H and O–H groups in total. The summed E-state index contributed by atoms with van der Waals surface area (Å²) in [7, 11) is 0. The molecule has 0 aromatic carbocycles. The van der Waals surface area contributed by atoms with Crippen LogP contribution in [0.1, 0.15) is 91.4 Å². The molecule has 0 radical (unpaired) electrons. The Morgan fingerprint density at radius 3 is 1.96 bits per heavy atom. The van der Waals surface area contributed by atoms with Gasteiger partial charge in [0.15, 0.2) is 0 Å². The summed E-state index contributed by atoms with van der Waals surface area (Å²) in [6.07, 6.45) is 29.6. The van der Waals surface area contributed by atoms with E-state index < -0.39 is 0 Å². The van der Waals surface area contributed by atoms with Crippen molar-refractivity contribution >= 4 is 16.8 Å². The van der Waals surface area contributed by atoms with Crippen LogP contribution in [-0.2, 0) is 4.79 Å². The van der Waals surface area contributed by atoms with Gasteiger partial charge in [-0.15, -0.1) is 0 Å². The second-order valence-corrected chi connectivity index (χ2v) is 7.99. The standard InChI is InChI=1S/C24H39ClO/c1-4-5-6-18-21-24(2,3)22-19-16-14-12-10-8-7-9-11-13-15-17-20-23(25)26/h7-8,11-14,19,22H,4-6,9-10,15-18,20-21H2,1-3H3/b8-7-,13-11-,14-12-,22-19-. The Morgan fingerprint density at radius 1 is 0.808 bits per heavy atom. The molecule has 0 bridgehead atoms. The minimum Gasteiger partial charge on any atom is -0.281 e. The van der Waals surface area contributed by atoms with E-state index in [0.717, 1.165) is 32.1 Å². The Labute approximate surface area is 167 Å². The van der Waals surface area contributed by atoms with E-state index in [1.807, 2.05) is 0 Å². The molecule has 0 spiro atoms. The highest BCUT2D eigenvalue weighted by atomic mass is 35.5. The van der Waals surface area contributed by atoms with Gasteiger partial charge in [-0.1, -0.05) is 95.1 Å². The molecule has 0 fully saturated rings. The zero-order valence-corrected chi connectivity index (χ0v) is 17.9. The molecule has 0 saturated heterocycles. The van der Waals surface area contributed by atoms with Crippen LogP contribution in [0.15, 0.2) is 48.6 Å². The van der Waals surface area contributed by atoms with Gasteiger partial charge in [0.1, 0.15) is 0 Å². The van der Waals surface area contributed by atoms with Gasteiger partial charge < -0.3 is 0 Å². The Morgan fingerprint density at radius 2 is 1.38 bits per heavy atom. The number of allylic oxidation sites excluding steroid dienone is 8. The van der Waals surface area contributed by atoms with Gasteiger partial charge in [-0.05, 0) is 55.5 Å². The summed E-state index contributed by atoms with van der Waals surface area (Å²) in [6, 6.07) is 0. The molecule has 26 heavy (non-hydrogen) atoms. The van der Waals surface area contributed by atoms with E-state index in [4.69, 9.17) is 11.6 Å². The topological polar surface area (TPSA) is 17.1 Å². The first-order valence-corrected chi connectivity index (χ1v) is 10.7. The number of carbonyl (C=O) groups is 1. The fraction of sp³-hybridized carbons (Fsp3) is 0.625. The Balaban J connectivity index is 3.70. The molecule has 0 saturated carbocycles. The molecule has 0 aliphatic heterocycles. The zero-order chi connectivity index (χ0) is 19.5. The zero-order valence-electron chi connectivity index (χ0n) is 17.2. The first kappa shape index (κ1) is 24.9. The summed E-state index contributed by atoms with van der Waals surface area (Å²) in [5, 5.41) is -0.240. The largest absolute Gasteiger partial charge is 0.281 e. The maximum Gasteiger partial charge on any atom is 0.221 e. The summed E-state index contributed by atoms with van der Waals surface area (Å²) in [6.45, 7) is 6.93. The van der Waals surface area contributed by atoms with Crippen LogP contribution >= 0.6 is 11.6 Å². The third-order valence-electron chi connectivity index (χ3n) is 4.30. The van der Waals surface area contributed by atoms with Crippen molar-refractivity contribution < 1.29 is 4.79 Å². The van der Waals surface area contributed by atoms with E-state index in [0.29, 0.717) is 11.8 Å². The summed E-state index contributed by atoms with van der Waals surface area (Å²) in [5.41, 5.74) is 0.324. The molecule has 0 heterocycles. The number of rotatable bonds is 16. The van der Waals surface area contributed by atoms with E-state index >= 15 is 0 Å². The quantitative estimate of drug-likeness (QED) is 0.150. The van der Waals surface area contributed by atoms with Crippen molar-refractivity contribution in [2.24, 2.45) is 5.41 Å². The number of hydrogen-bond acceptors (Lipinski definition) is 1. The van der Waals surface area contributed by atoms with Gasteiger partial charge in [0.05, 0.1) is 0 Å². The molecule has 0 atom stereocenters. The third kappa shape index (κ3) is 19.2. The summed E-state index contributed by atoms with van der Waals surface area (Å²) < 4.78 is 0. The highest BCUT2D eigenvalue weighted by Crippen LogP contribution is 2.25. The van der Waals surface area contributed by atoms with Gasteiger partial charge in [0.25, 0.3) is 0 Å². The Kier molecular flexibility index (Phi) is 16.6. The SMILES string of the molecule is CCCCCCC(C)(C)/C=C\C/C=C\C/C=C\C/C=C\CCCC(=O)Cl. The fourth-order valence-electron chi connectivity index (χ4n) is 2.67. The summed E-state index contributed by atoms with van der Waals surface area (Å²) in [4.78, 5) is 10.6. The molecule has 0 aliphatic rings. The van der Waals surface area contributed by atoms with Crippen LogP contribution in [0.5, 0.6) is 0 Å². The van der Waals surface area contributed by atoms with Gasteiger partial charge in [0.2, 0.25) is 5.24 Å². The molecule has 148 valence electrons. The molecule has 0 amide bonds. The van der Waals surface area contributed by atoms with E-state index in [-0.39, 0.29) is 5.24 Å². The lowest BCUT2D eigenvalue weighted by atomic mass is 9.86. The van der Waals surface area contributed by atoms with Crippen LogP contribution in [0.4, 0.5) is 0 Å². The number of carbonyl (C=O) groups excluding carboxylic acids is 1. The van der Waals surface area contributed by atoms with E-state index in [1.54, 1.807) is 0 Å². The van der Waals surface area contributed by atoms with Crippen LogP contribution in [0, 0.1) is 5.41 Å². The second kappa shape index (κ2) is 17.3. The molecule has 0 aromatic heterocycles. The van der Waals surface area contributed by atoms with Crippen molar-refractivity contribution in [2.75, 3.05) is 0 Å².